The van der Waals surface area contributed by atoms with Gasteiger partial charge in [-0.25, -0.2) is 4.99 Å². The highest BCUT2D eigenvalue weighted by Gasteiger charge is 2.06. The normalized spacial score (nSPS) is 11.4. The lowest BCUT2D eigenvalue weighted by atomic mass is 10.1. The van der Waals surface area contributed by atoms with Crippen LogP contribution >= 0.6 is 0 Å². The number of aryl methyl sites for hydroxylation is 2. The van der Waals surface area contributed by atoms with Crippen molar-refractivity contribution in [3.8, 4) is 5.75 Å². The van der Waals surface area contributed by atoms with E-state index in [1.165, 1.54) is 5.56 Å². The summed E-state index contributed by atoms with van der Waals surface area (Å²) in [7, 11) is 1.68. The fraction of sp³-hybridized carbons (Fsp3) is 0.471. The number of benzene rings is 1. The van der Waals surface area contributed by atoms with Gasteiger partial charge in [0, 0.05) is 18.7 Å². The lowest BCUT2D eigenvalue weighted by Crippen LogP contribution is -2.37. The van der Waals surface area contributed by atoms with Crippen molar-refractivity contribution >= 4 is 5.96 Å². The van der Waals surface area contributed by atoms with Crippen molar-refractivity contribution in [1.82, 2.24) is 25.4 Å². The van der Waals surface area contributed by atoms with E-state index < -0.39 is 0 Å². The third kappa shape index (κ3) is 4.71. The van der Waals surface area contributed by atoms with Gasteiger partial charge in [0.2, 0.25) is 0 Å². The molecule has 0 bridgehead atoms. The number of rotatable bonds is 7. The van der Waals surface area contributed by atoms with Crippen LogP contribution in [0.4, 0.5) is 0 Å². The first kappa shape index (κ1) is 17.8. The van der Waals surface area contributed by atoms with E-state index in [1.54, 1.807) is 13.4 Å². The van der Waals surface area contributed by atoms with E-state index in [1.807, 2.05) is 24.5 Å². The summed E-state index contributed by atoms with van der Waals surface area (Å²) in [5.74, 6) is 2.49. The molecule has 0 atom stereocenters. The van der Waals surface area contributed by atoms with Gasteiger partial charge in [-0.1, -0.05) is 12.1 Å². The van der Waals surface area contributed by atoms with E-state index in [0.29, 0.717) is 13.1 Å². The third-order valence-corrected chi connectivity index (χ3v) is 3.64. The molecule has 0 saturated heterocycles. The zero-order valence-electron chi connectivity index (χ0n) is 14.8. The van der Waals surface area contributed by atoms with E-state index in [-0.39, 0.29) is 0 Å². The van der Waals surface area contributed by atoms with E-state index in [4.69, 9.17) is 4.74 Å². The number of nitrogens with one attached hydrogen (secondary N) is 2. The van der Waals surface area contributed by atoms with Crippen LogP contribution in [-0.4, -0.2) is 34.4 Å². The van der Waals surface area contributed by atoms with Gasteiger partial charge >= 0.3 is 0 Å². The van der Waals surface area contributed by atoms with Crippen molar-refractivity contribution < 1.29 is 4.74 Å². The molecule has 0 amide bonds. The van der Waals surface area contributed by atoms with Crippen LogP contribution < -0.4 is 15.4 Å². The molecule has 1 aromatic carbocycles. The van der Waals surface area contributed by atoms with Crippen molar-refractivity contribution in [3.05, 3.63) is 41.5 Å². The summed E-state index contributed by atoms with van der Waals surface area (Å²) in [5.41, 5.74) is 2.22. The molecule has 24 heavy (non-hydrogen) atoms. The quantitative estimate of drug-likeness (QED) is 0.599. The van der Waals surface area contributed by atoms with Crippen LogP contribution in [0.3, 0.4) is 0 Å². The second kappa shape index (κ2) is 8.90. The second-order valence-electron chi connectivity index (χ2n) is 5.40. The van der Waals surface area contributed by atoms with Crippen molar-refractivity contribution in [1.29, 1.82) is 0 Å². The van der Waals surface area contributed by atoms with Crippen LogP contribution in [0, 0.1) is 6.92 Å². The Balaban J connectivity index is 2.05. The fourth-order valence-corrected chi connectivity index (χ4v) is 2.33. The zero-order chi connectivity index (χ0) is 17.4. The van der Waals surface area contributed by atoms with Crippen molar-refractivity contribution in [2.75, 3.05) is 13.7 Å². The zero-order valence-corrected chi connectivity index (χ0v) is 14.8. The molecule has 0 radical (unpaired) electrons. The topological polar surface area (TPSA) is 76.4 Å². The predicted molar refractivity (Wildman–Crippen MR) is 95.1 cm³/mol. The summed E-state index contributed by atoms with van der Waals surface area (Å²) < 4.78 is 7.44. The fourth-order valence-electron chi connectivity index (χ4n) is 2.33. The molecule has 1 heterocycles. The van der Waals surface area contributed by atoms with Gasteiger partial charge in [-0.05, 0) is 32.4 Å². The number of hydrogen-bond acceptors (Lipinski definition) is 4. The maximum absolute atomic E-state index is 5.44. The standard InChI is InChI=1S/C17H26N6O/c1-5-18-17(20-11-16-22-21-12-23(16)6-2)19-10-14-8-7-13(3)9-15(14)24-4/h7-9,12H,5-6,10-11H2,1-4H3,(H2,18,19,20). The maximum atomic E-state index is 5.44. The number of nitrogens with zero attached hydrogens (tertiary/aromatic N) is 4. The molecule has 0 spiro atoms. The molecule has 0 saturated carbocycles. The maximum Gasteiger partial charge on any atom is 0.191 e. The molecule has 0 aliphatic rings. The van der Waals surface area contributed by atoms with Gasteiger partial charge < -0.3 is 19.9 Å². The minimum atomic E-state index is 0.541. The Kier molecular flexibility index (Phi) is 6.60. The highest BCUT2D eigenvalue weighted by molar-refractivity contribution is 5.79. The van der Waals surface area contributed by atoms with E-state index >= 15 is 0 Å². The Morgan fingerprint density at radius 3 is 2.83 bits per heavy atom. The molecule has 0 aliphatic heterocycles. The van der Waals surface area contributed by atoms with E-state index in [9.17, 15) is 0 Å². The molecule has 0 fully saturated rings. The molecule has 2 aromatic rings. The largest absolute Gasteiger partial charge is 0.496 e. The van der Waals surface area contributed by atoms with Crippen LogP contribution in [0.2, 0.25) is 0 Å². The number of methoxy groups -OCH3 is 1. The van der Waals surface area contributed by atoms with E-state index in [0.717, 1.165) is 36.2 Å². The molecule has 7 nitrogen and oxygen atoms in total. The average molecular weight is 330 g/mol. The van der Waals surface area contributed by atoms with Crippen LogP contribution in [-0.2, 0) is 19.6 Å². The van der Waals surface area contributed by atoms with Gasteiger partial charge in [-0.15, -0.1) is 10.2 Å². The number of aliphatic imine (C=N–C) groups is 1. The van der Waals surface area contributed by atoms with Crippen LogP contribution in [0.5, 0.6) is 5.75 Å². The minimum Gasteiger partial charge on any atom is -0.496 e. The molecule has 130 valence electrons. The van der Waals surface area contributed by atoms with Gasteiger partial charge in [0.15, 0.2) is 11.8 Å². The van der Waals surface area contributed by atoms with Crippen LogP contribution in [0.15, 0.2) is 29.5 Å². The highest BCUT2D eigenvalue weighted by Crippen LogP contribution is 2.20. The smallest absolute Gasteiger partial charge is 0.191 e. The Bertz CT molecular complexity index is 679. The summed E-state index contributed by atoms with van der Waals surface area (Å²) >= 11 is 0. The Morgan fingerprint density at radius 1 is 1.29 bits per heavy atom. The minimum absolute atomic E-state index is 0.541. The van der Waals surface area contributed by atoms with Gasteiger partial charge in [0.25, 0.3) is 0 Å². The third-order valence-electron chi connectivity index (χ3n) is 3.64. The first-order valence-electron chi connectivity index (χ1n) is 8.20. The van der Waals surface area contributed by atoms with Gasteiger partial charge in [0.1, 0.15) is 12.1 Å². The molecule has 7 heteroatoms. The molecular formula is C17H26N6O. The highest BCUT2D eigenvalue weighted by atomic mass is 16.5. The second-order valence-corrected chi connectivity index (χ2v) is 5.40. The van der Waals surface area contributed by atoms with Crippen molar-refractivity contribution in [2.45, 2.75) is 40.4 Å². The summed E-state index contributed by atoms with van der Waals surface area (Å²) in [6.45, 7) is 8.90. The number of guanidine groups is 1. The van der Waals surface area contributed by atoms with Crippen molar-refractivity contribution in [2.24, 2.45) is 4.99 Å². The number of ether oxygens (including phenoxy) is 1. The number of aromatic nitrogens is 3. The summed E-state index contributed by atoms with van der Waals surface area (Å²) in [4.78, 5) is 4.63. The first-order chi connectivity index (χ1) is 11.7. The lowest BCUT2D eigenvalue weighted by molar-refractivity contribution is 0.409. The van der Waals surface area contributed by atoms with Crippen LogP contribution in [0.1, 0.15) is 30.8 Å². The summed E-state index contributed by atoms with van der Waals surface area (Å²) in [6.07, 6.45) is 1.73. The van der Waals surface area contributed by atoms with Gasteiger partial charge in [0.05, 0.1) is 20.2 Å². The van der Waals surface area contributed by atoms with Gasteiger partial charge in [-0.3, -0.25) is 0 Å². The predicted octanol–water partition coefficient (Wildman–Crippen LogP) is 1.87. The summed E-state index contributed by atoms with van der Waals surface area (Å²) in [6, 6.07) is 6.14. The Morgan fingerprint density at radius 2 is 2.12 bits per heavy atom. The molecular weight excluding hydrogens is 304 g/mol. The average Bonchev–Trinajstić information content (AvgIpc) is 3.05. The SMILES string of the molecule is CCNC(=NCc1ccc(C)cc1OC)NCc1nncn1CC. The van der Waals surface area contributed by atoms with Gasteiger partial charge in [-0.2, -0.15) is 0 Å². The molecule has 2 rings (SSSR count). The number of hydrogen-bond donors (Lipinski definition) is 2. The van der Waals surface area contributed by atoms with E-state index in [2.05, 4.69) is 44.9 Å². The summed E-state index contributed by atoms with van der Waals surface area (Å²) in [5, 5.41) is 14.6. The van der Waals surface area contributed by atoms with Crippen molar-refractivity contribution in [3.63, 3.8) is 0 Å². The Labute approximate surface area is 143 Å². The molecule has 0 aliphatic carbocycles. The Hall–Kier alpha value is -2.57. The molecule has 1 aromatic heterocycles. The first-order valence-corrected chi connectivity index (χ1v) is 8.20. The molecule has 0 unspecified atom stereocenters. The molecule has 2 N–H and O–H groups in total. The van der Waals surface area contributed by atoms with Crippen LogP contribution in [0.25, 0.3) is 0 Å². The monoisotopic (exact) mass is 330 g/mol. The lowest BCUT2D eigenvalue weighted by Gasteiger charge is -2.12.